The summed E-state index contributed by atoms with van der Waals surface area (Å²) in [5, 5.41) is 0. The molecule has 1 unspecified atom stereocenters. The number of methoxy groups -OCH3 is 1. The molecule has 1 heterocycles. The highest BCUT2D eigenvalue weighted by atomic mass is 35.5. The Morgan fingerprint density at radius 3 is 2.95 bits per heavy atom. The summed E-state index contributed by atoms with van der Waals surface area (Å²) in [4.78, 5) is 14.5. The molecule has 1 aliphatic rings. The number of ether oxygens (including phenoxy) is 1. The molecule has 0 bridgehead atoms. The van der Waals surface area contributed by atoms with Crippen molar-refractivity contribution in [2.24, 2.45) is 5.73 Å². The van der Waals surface area contributed by atoms with E-state index in [4.69, 9.17) is 10.5 Å². The van der Waals surface area contributed by atoms with Crippen LogP contribution in [-0.2, 0) is 11.2 Å². The van der Waals surface area contributed by atoms with E-state index < -0.39 is 0 Å². The van der Waals surface area contributed by atoms with Gasteiger partial charge in [0.15, 0.2) is 0 Å². The summed E-state index contributed by atoms with van der Waals surface area (Å²) in [7, 11) is 1.64. The molecule has 4 nitrogen and oxygen atoms in total. The maximum absolute atomic E-state index is 12.5. The number of carbonyl (C=O) groups is 1. The molecule has 1 amide bonds. The number of piperidine rings is 1. The second kappa shape index (κ2) is 8.90. The van der Waals surface area contributed by atoms with Crippen LogP contribution in [0.15, 0.2) is 24.3 Å². The van der Waals surface area contributed by atoms with Crippen LogP contribution in [0.1, 0.15) is 31.2 Å². The molecule has 118 valence electrons. The van der Waals surface area contributed by atoms with E-state index in [1.54, 1.807) is 7.11 Å². The minimum atomic E-state index is 0. The first-order chi connectivity index (χ1) is 9.74. The Balaban J connectivity index is 0.00000220. The number of nitrogens with two attached hydrogens (primary N) is 1. The van der Waals surface area contributed by atoms with E-state index >= 15 is 0 Å². The molecule has 1 saturated heterocycles. The lowest BCUT2D eigenvalue weighted by molar-refractivity contribution is -0.134. The highest BCUT2D eigenvalue weighted by Gasteiger charge is 2.25. The van der Waals surface area contributed by atoms with E-state index in [0.29, 0.717) is 19.0 Å². The van der Waals surface area contributed by atoms with E-state index in [0.717, 1.165) is 37.1 Å². The molecule has 0 saturated carbocycles. The van der Waals surface area contributed by atoms with Crippen molar-refractivity contribution in [3.05, 3.63) is 29.8 Å². The van der Waals surface area contributed by atoms with Crippen LogP contribution in [0.5, 0.6) is 5.75 Å². The van der Waals surface area contributed by atoms with Gasteiger partial charge in [-0.15, -0.1) is 12.4 Å². The summed E-state index contributed by atoms with van der Waals surface area (Å²) < 4.78 is 5.20. The second-order valence-electron chi connectivity index (χ2n) is 5.34. The van der Waals surface area contributed by atoms with Crippen LogP contribution in [0, 0.1) is 0 Å². The Labute approximate surface area is 133 Å². The lowest BCUT2D eigenvalue weighted by Gasteiger charge is -2.35. The smallest absolute Gasteiger partial charge is 0.227 e. The Morgan fingerprint density at radius 1 is 1.43 bits per heavy atom. The van der Waals surface area contributed by atoms with Gasteiger partial charge in [-0.3, -0.25) is 4.79 Å². The first-order valence-electron chi connectivity index (χ1n) is 7.37. The number of halogens is 1. The van der Waals surface area contributed by atoms with Crippen molar-refractivity contribution in [1.29, 1.82) is 0 Å². The van der Waals surface area contributed by atoms with Crippen molar-refractivity contribution in [3.63, 3.8) is 0 Å². The maximum Gasteiger partial charge on any atom is 0.227 e. The van der Waals surface area contributed by atoms with Crippen molar-refractivity contribution in [2.45, 2.75) is 38.1 Å². The molecule has 2 N–H and O–H groups in total. The molecule has 0 aromatic heterocycles. The molecule has 1 aliphatic heterocycles. The predicted octanol–water partition coefficient (Wildman–Crippen LogP) is 2.39. The summed E-state index contributed by atoms with van der Waals surface area (Å²) in [6.45, 7) is 1.51. The van der Waals surface area contributed by atoms with Crippen molar-refractivity contribution >= 4 is 18.3 Å². The highest BCUT2D eigenvalue weighted by molar-refractivity contribution is 5.85. The van der Waals surface area contributed by atoms with E-state index in [-0.39, 0.29) is 18.3 Å². The lowest BCUT2D eigenvalue weighted by Crippen LogP contribution is -2.45. The largest absolute Gasteiger partial charge is 0.497 e. The SMILES string of the molecule is COc1cccc(CC(=O)N2CCCCC2CCN)c1.Cl. The van der Waals surface area contributed by atoms with Crippen LogP contribution in [0.25, 0.3) is 0 Å². The van der Waals surface area contributed by atoms with Crippen LogP contribution in [-0.4, -0.2) is 37.0 Å². The Morgan fingerprint density at radius 2 is 2.24 bits per heavy atom. The lowest BCUT2D eigenvalue weighted by atomic mass is 9.98. The first kappa shape index (κ1) is 17.8. The Bertz CT molecular complexity index is 452. The Hall–Kier alpha value is -1.26. The summed E-state index contributed by atoms with van der Waals surface area (Å²) >= 11 is 0. The van der Waals surface area contributed by atoms with Crippen LogP contribution in [0.2, 0.25) is 0 Å². The van der Waals surface area contributed by atoms with Gasteiger partial charge in [0, 0.05) is 12.6 Å². The van der Waals surface area contributed by atoms with E-state index in [2.05, 4.69) is 0 Å². The number of rotatable bonds is 5. The standard InChI is InChI=1S/C16H24N2O2.ClH/c1-20-15-7-4-5-13(11-15)12-16(19)18-10-3-2-6-14(18)8-9-17;/h4-5,7,11,14H,2-3,6,8-10,12,17H2,1H3;1H. The van der Waals surface area contributed by atoms with Crippen molar-refractivity contribution in [1.82, 2.24) is 4.90 Å². The fraction of sp³-hybridized carbons (Fsp3) is 0.562. The summed E-state index contributed by atoms with van der Waals surface area (Å²) in [6, 6.07) is 8.05. The van der Waals surface area contributed by atoms with Gasteiger partial charge >= 0.3 is 0 Å². The molecule has 0 radical (unpaired) electrons. The number of carbonyl (C=O) groups excluding carboxylic acids is 1. The summed E-state index contributed by atoms with van der Waals surface area (Å²) in [5.41, 5.74) is 6.66. The van der Waals surface area contributed by atoms with E-state index in [9.17, 15) is 4.79 Å². The second-order valence-corrected chi connectivity index (χ2v) is 5.34. The van der Waals surface area contributed by atoms with Gasteiger partial charge in [-0.25, -0.2) is 0 Å². The molecule has 21 heavy (non-hydrogen) atoms. The van der Waals surface area contributed by atoms with Crippen molar-refractivity contribution in [3.8, 4) is 5.75 Å². The molecule has 1 aromatic rings. The monoisotopic (exact) mass is 312 g/mol. The fourth-order valence-electron chi connectivity index (χ4n) is 2.88. The quantitative estimate of drug-likeness (QED) is 0.908. The van der Waals surface area contributed by atoms with Gasteiger partial charge in [0.1, 0.15) is 5.75 Å². The molecule has 0 aliphatic carbocycles. The average Bonchev–Trinajstić information content (AvgIpc) is 2.48. The topological polar surface area (TPSA) is 55.6 Å². The minimum absolute atomic E-state index is 0. The zero-order chi connectivity index (χ0) is 14.4. The van der Waals surface area contributed by atoms with Crippen molar-refractivity contribution in [2.75, 3.05) is 20.2 Å². The van der Waals surface area contributed by atoms with Crippen LogP contribution in [0.3, 0.4) is 0 Å². The van der Waals surface area contributed by atoms with Gasteiger partial charge in [-0.1, -0.05) is 12.1 Å². The van der Waals surface area contributed by atoms with Gasteiger partial charge in [0.25, 0.3) is 0 Å². The third-order valence-corrected chi connectivity index (χ3v) is 3.94. The summed E-state index contributed by atoms with van der Waals surface area (Å²) in [6.07, 6.45) is 4.74. The van der Waals surface area contributed by atoms with Crippen LogP contribution < -0.4 is 10.5 Å². The van der Waals surface area contributed by atoms with Crippen LogP contribution in [0.4, 0.5) is 0 Å². The number of nitrogens with zero attached hydrogens (tertiary/aromatic N) is 1. The van der Waals surface area contributed by atoms with Crippen molar-refractivity contribution < 1.29 is 9.53 Å². The third-order valence-electron chi connectivity index (χ3n) is 3.94. The van der Waals surface area contributed by atoms with Gasteiger partial charge in [0.2, 0.25) is 5.91 Å². The molecular weight excluding hydrogens is 288 g/mol. The minimum Gasteiger partial charge on any atom is -0.497 e. The van der Waals surface area contributed by atoms with Gasteiger partial charge < -0.3 is 15.4 Å². The summed E-state index contributed by atoms with van der Waals surface area (Å²) in [5.74, 6) is 1.00. The zero-order valence-corrected chi connectivity index (χ0v) is 13.4. The molecule has 0 spiro atoms. The average molecular weight is 313 g/mol. The Kier molecular flexibility index (Phi) is 7.54. The van der Waals surface area contributed by atoms with Crippen LogP contribution >= 0.6 is 12.4 Å². The normalized spacial score (nSPS) is 18.0. The maximum atomic E-state index is 12.5. The third kappa shape index (κ3) is 4.90. The number of hydrogen-bond donors (Lipinski definition) is 1. The first-order valence-corrected chi connectivity index (χ1v) is 7.37. The fourth-order valence-corrected chi connectivity index (χ4v) is 2.88. The molecule has 1 fully saturated rings. The number of amides is 1. The number of hydrogen-bond acceptors (Lipinski definition) is 3. The highest BCUT2D eigenvalue weighted by Crippen LogP contribution is 2.21. The van der Waals surface area contributed by atoms with E-state index in [1.165, 1.54) is 6.42 Å². The molecular formula is C16H25ClN2O2. The molecule has 1 aromatic carbocycles. The van der Waals surface area contributed by atoms with E-state index in [1.807, 2.05) is 29.2 Å². The zero-order valence-electron chi connectivity index (χ0n) is 12.6. The molecule has 5 heteroatoms. The predicted molar refractivity (Wildman–Crippen MR) is 87.0 cm³/mol. The number of likely N-dealkylation sites (tertiary alicyclic amines) is 1. The molecule has 2 rings (SSSR count). The van der Waals surface area contributed by atoms with Gasteiger partial charge in [-0.2, -0.15) is 0 Å². The number of benzene rings is 1. The van der Waals surface area contributed by atoms with Gasteiger partial charge in [-0.05, 0) is 49.9 Å². The molecule has 1 atom stereocenters. The van der Waals surface area contributed by atoms with Gasteiger partial charge in [0.05, 0.1) is 13.5 Å².